The van der Waals surface area contributed by atoms with Gasteiger partial charge >= 0.3 is 12.2 Å². The molecule has 1 heterocycles. The van der Waals surface area contributed by atoms with Crippen LogP contribution in [0.4, 0.5) is 18.0 Å². The molecular weight excluding hydrogens is 607 g/mol. The number of hydrogen-bond acceptors (Lipinski definition) is 7. The molecule has 2 saturated carbocycles. The van der Waals surface area contributed by atoms with Gasteiger partial charge in [-0.05, 0) is 70.4 Å². The van der Waals surface area contributed by atoms with Crippen LogP contribution in [0.5, 0.6) is 0 Å². The quantitative estimate of drug-likeness (QED) is 0.120. The molecular formula is C32H50F3N5O6. The molecule has 0 aromatic rings. The number of urea groups is 1. The van der Waals surface area contributed by atoms with Crippen molar-refractivity contribution in [3.05, 3.63) is 12.7 Å². The monoisotopic (exact) mass is 657 g/mol. The van der Waals surface area contributed by atoms with Gasteiger partial charge in [0.05, 0.1) is 24.2 Å². The summed E-state index contributed by atoms with van der Waals surface area (Å²) in [6, 6.07) is -3.29. The van der Waals surface area contributed by atoms with Gasteiger partial charge in [0.1, 0.15) is 6.29 Å². The minimum Gasteiger partial charge on any atom is -0.346 e. The first kappa shape index (κ1) is 38.9. The highest BCUT2D eigenvalue weighted by Crippen LogP contribution is 2.32. The van der Waals surface area contributed by atoms with Crippen molar-refractivity contribution in [2.24, 2.45) is 17.8 Å². The molecule has 4 atom stereocenters. The van der Waals surface area contributed by atoms with Crippen molar-refractivity contribution in [2.45, 2.75) is 115 Å². The van der Waals surface area contributed by atoms with Crippen molar-refractivity contribution in [1.29, 1.82) is 0 Å². The van der Waals surface area contributed by atoms with Crippen molar-refractivity contribution in [3.63, 3.8) is 0 Å². The van der Waals surface area contributed by atoms with Crippen LogP contribution < -0.4 is 21.3 Å². The maximum Gasteiger partial charge on any atom is 0.389 e. The van der Waals surface area contributed by atoms with Crippen molar-refractivity contribution >= 4 is 35.7 Å². The Morgan fingerprint density at radius 3 is 2.09 bits per heavy atom. The lowest BCUT2D eigenvalue weighted by atomic mass is 9.84. The first-order chi connectivity index (χ1) is 21.7. The molecule has 3 fully saturated rings. The lowest BCUT2D eigenvalue weighted by Crippen LogP contribution is -2.53. The minimum atomic E-state index is -4.48. The molecule has 3 rings (SSSR count). The third-order valence-electron chi connectivity index (χ3n) is 8.64. The van der Waals surface area contributed by atoms with E-state index in [-0.39, 0.29) is 30.1 Å². The summed E-state index contributed by atoms with van der Waals surface area (Å²) in [7, 11) is 1.72. The van der Waals surface area contributed by atoms with Gasteiger partial charge in [0.15, 0.2) is 5.78 Å². The van der Waals surface area contributed by atoms with Gasteiger partial charge in [0.2, 0.25) is 11.7 Å². The number of likely N-dealkylation sites (tertiary alicyclic amines) is 1. The topological polar surface area (TPSA) is 154 Å². The van der Waals surface area contributed by atoms with Crippen LogP contribution in [-0.4, -0.2) is 91.1 Å². The number of ketones is 2. The Hall–Kier alpha value is -3.29. The minimum absolute atomic E-state index is 0.00980. The number of Topliss-reactive ketones (excluding diaryl/α,β-unsaturated/α-hetero) is 2. The molecule has 0 spiro atoms. The van der Waals surface area contributed by atoms with Crippen LogP contribution in [-0.2, 0) is 24.0 Å². The fourth-order valence-corrected chi connectivity index (χ4v) is 5.78. The predicted octanol–water partition coefficient (Wildman–Crippen LogP) is 3.22. The summed E-state index contributed by atoms with van der Waals surface area (Å²) in [6.45, 7) is 7.94. The fraction of sp³-hybridized carbons (Fsp3) is 0.750. The maximum absolute atomic E-state index is 12.4. The number of rotatable bonds is 15. The fourth-order valence-electron chi connectivity index (χ4n) is 5.78. The number of amides is 4. The summed E-state index contributed by atoms with van der Waals surface area (Å²) in [5.74, 6) is -2.13. The van der Waals surface area contributed by atoms with E-state index in [9.17, 15) is 41.9 Å². The van der Waals surface area contributed by atoms with Gasteiger partial charge < -0.3 is 26.1 Å². The SMILES string of the molecule is C=CCNC(=O)C(=O)C(CCC(F)(F)F)NC(=O)C1CCCN1C.CC(C)C(NC(=O)NC(C=O)C1CCCCC1)C(=O)C1CC1. The van der Waals surface area contributed by atoms with Crippen LogP contribution in [0.1, 0.15) is 84.5 Å². The summed E-state index contributed by atoms with van der Waals surface area (Å²) in [4.78, 5) is 73.4. The summed E-state index contributed by atoms with van der Waals surface area (Å²) < 4.78 is 37.3. The van der Waals surface area contributed by atoms with Crippen molar-refractivity contribution in [3.8, 4) is 0 Å². The number of nitrogens with one attached hydrogen (secondary N) is 4. The van der Waals surface area contributed by atoms with Crippen LogP contribution in [0.2, 0.25) is 0 Å². The third-order valence-corrected chi connectivity index (χ3v) is 8.64. The van der Waals surface area contributed by atoms with E-state index < -0.39 is 66.8 Å². The predicted molar refractivity (Wildman–Crippen MR) is 166 cm³/mol. The molecule has 11 nitrogen and oxygen atoms in total. The molecule has 2 aliphatic carbocycles. The molecule has 260 valence electrons. The average molecular weight is 658 g/mol. The third kappa shape index (κ3) is 13.2. The van der Waals surface area contributed by atoms with E-state index in [4.69, 9.17) is 0 Å². The van der Waals surface area contributed by atoms with E-state index in [1.54, 1.807) is 11.9 Å². The Labute approximate surface area is 269 Å². The molecule has 46 heavy (non-hydrogen) atoms. The lowest BCUT2D eigenvalue weighted by Gasteiger charge is -2.28. The molecule has 4 N–H and O–H groups in total. The summed E-state index contributed by atoms with van der Waals surface area (Å²) in [5.41, 5.74) is 0. The second-order valence-electron chi connectivity index (χ2n) is 12.8. The molecule has 14 heteroatoms. The number of carbonyl (C=O) groups is 6. The normalized spacial score (nSPS) is 20.7. The zero-order valence-electron chi connectivity index (χ0n) is 27.1. The summed E-state index contributed by atoms with van der Waals surface area (Å²) >= 11 is 0. The zero-order chi connectivity index (χ0) is 34.4. The molecule has 0 bridgehead atoms. The van der Waals surface area contributed by atoms with Gasteiger partial charge in [-0.2, -0.15) is 13.2 Å². The van der Waals surface area contributed by atoms with E-state index in [2.05, 4.69) is 27.8 Å². The largest absolute Gasteiger partial charge is 0.389 e. The van der Waals surface area contributed by atoms with E-state index in [0.717, 1.165) is 51.2 Å². The maximum atomic E-state index is 12.4. The number of likely N-dealkylation sites (N-methyl/N-ethyl adjacent to an activating group) is 1. The highest BCUT2D eigenvalue weighted by atomic mass is 19.4. The molecule has 0 aromatic carbocycles. The Morgan fingerprint density at radius 2 is 1.59 bits per heavy atom. The van der Waals surface area contributed by atoms with Gasteiger partial charge in [-0.15, -0.1) is 6.58 Å². The highest BCUT2D eigenvalue weighted by molar-refractivity contribution is 6.38. The Morgan fingerprint density at radius 1 is 0.935 bits per heavy atom. The zero-order valence-corrected chi connectivity index (χ0v) is 27.1. The van der Waals surface area contributed by atoms with Gasteiger partial charge in [0, 0.05) is 18.9 Å². The van der Waals surface area contributed by atoms with E-state index in [1.165, 1.54) is 12.5 Å². The second-order valence-corrected chi connectivity index (χ2v) is 12.8. The van der Waals surface area contributed by atoms with Crippen LogP contribution in [0.15, 0.2) is 12.7 Å². The Bertz CT molecular complexity index is 1070. The van der Waals surface area contributed by atoms with Crippen molar-refractivity contribution in [2.75, 3.05) is 20.1 Å². The highest BCUT2D eigenvalue weighted by Gasteiger charge is 2.38. The number of alkyl halides is 3. The van der Waals surface area contributed by atoms with Gasteiger partial charge in [-0.1, -0.05) is 39.2 Å². The van der Waals surface area contributed by atoms with Crippen LogP contribution in [0, 0.1) is 17.8 Å². The van der Waals surface area contributed by atoms with E-state index in [0.29, 0.717) is 13.0 Å². The van der Waals surface area contributed by atoms with Crippen molar-refractivity contribution < 1.29 is 41.9 Å². The standard InChI is InChI=1S/C17H28N2O3.C15H22F3N3O3/c1-11(2)15(16(21)13-8-9-13)19-17(22)18-14(10-20)12-6-4-3-5-7-12;1-3-8-19-14(24)12(22)10(6-7-15(16,17)18)20-13(23)11-5-4-9-21(11)2/h10-15H,3-9H2,1-2H3,(H2,18,19,22);3,10-11H,1,4-9H2,2H3,(H,19,24)(H,20,23). The van der Waals surface area contributed by atoms with Crippen molar-refractivity contribution in [1.82, 2.24) is 26.2 Å². The summed E-state index contributed by atoms with van der Waals surface area (Å²) in [5, 5.41) is 10.1. The van der Waals surface area contributed by atoms with Crippen LogP contribution >= 0.6 is 0 Å². The summed E-state index contributed by atoms with van der Waals surface area (Å²) in [6.07, 6.45) is 4.38. The van der Waals surface area contributed by atoms with E-state index in [1.807, 2.05) is 13.8 Å². The van der Waals surface area contributed by atoms with Gasteiger partial charge in [0.25, 0.3) is 5.91 Å². The second kappa shape index (κ2) is 18.8. The molecule has 3 aliphatic rings. The number of carbonyl (C=O) groups excluding carboxylic acids is 6. The lowest BCUT2D eigenvalue weighted by molar-refractivity contribution is -0.146. The molecule has 0 radical (unpaired) electrons. The molecule has 1 saturated heterocycles. The average Bonchev–Trinajstić information content (AvgIpc) is 3.78. The molecule has 4 amide bonds. The number of halogens is 3. The van der Waals surface area contributed by atoms with Gasteiger partial charge in [-0.3, -0.25) is 24.1 Å². The smallest absolute Gasteiger partial charge is 0.346 e. The Kier molecular flexibility index (Phi) is 15.9. The molecule has 1 aliphatic heterocycles. The van der Waals surface area contributed by atoms with Crippen LogP contribution in [0.3, 0.4) is 0 Å². The number of hydrogen-bond donors (Lipinski definition) is 4. The first-order valence-corrected chi connectivity index (χ1v) is 16.2. The van der Waals surface area contributed by atoms with Crippen LogP contribution in [0.25, 0.3) is 0 Å². The van der Waals surface area contributed by atoms with Gasteiger partial charge in [-0.25, -0.2) is 4.79 Å². The van der Waals surface area contributed by atoms with E-state index >= 15 is 0 Å². The Balaban J connectivity index is 0.000000321. The first-order valence-electron chi connectivity index (χ1n) is 16.2. The number of nitrogens with zero attached hydrogens (tertiary/aromatic N) is 1. The molecule has 0 aromatic heterocycles. The molecule has 4 unspecified atom stereocenters. The number of aldehydes is 1.